The zero-order valence-corrected chi connectivity index (χ0v) is 20.4. The molecule has 0 saturated carbocycles. The zero-order valence-electron chi connectivity index (χ0n) is 20.4. The molecule has 8 rings (SSSR count). The van der Waals surface area contributed by atoms with Crippen molar-refractivity contribution in [2.24, 2.45) is 5.41 Å². The molecule has 2 bridgehead atoms. The van der Waals surface area contributed by atoms with E-state index in [4.69, 9.17) is 9.72 Å². The van der Waals surface area contributed by atoms with Crippen LogP contribution in [0.15, 0.2) is 48.5 Å². The van der Waals surface area contributed by atoms with Crippen LogP contribution < -0.4 is 4.74 Å². The summed E-state index contributed by atoms with van der Waals surface area (Å²) >= 11 is 0. The summed E-state index contributed by atoms with van der Waals surface area (Å²) in [4.78, 5) is 8.13. The van der Waals surface area contributed by atoms with Gasteiger partial charge >= 0.3 is 0 Å². The van der Waals surface area contributed by atoms with Crippen molar-refractivity contribution in [1.29, 1.82) is 0 Å². The molecule has 1 aromatic heterocycles. The first-order chi connectivity index (χ1) is 16.4. The highest BCUT2D eigenvalue weighted by atomic mass is 16.5. The van der Waals surface area contributed by atoms with Gasteiger partial charge in [-0.3, -0.25) is 0 Å². The first kappa shape index (κ1) is 19.4. The summed E-state index contributed by atoms with van der Waals surface area (Å²) in [6.07, 6.45) is 3.33. The number of aromatic nitrogens is 1. The van der Waals surface area contributed by atoms with Gasteiger partial charge in [0.25, 0.3) is 0 Å². The maximum Gasteiger partial charge on any atom is 0.151 e. The minimum atomic E-state index is -0.00494. The smallest absolute Gasteiger partial charge is 0.151 e. The highest BCUT2D eigenvalue weighted by Crippen LogP contribution is 2.71. The first-order valence-electron chi connectivity index (χ1n) is 12.7. The van der Waals surface area contributed by atoms with Crippen molar-refractivity contribution in [3.05, 3.63) is 82.0 Å². The summed E-state index contributed by atoms with van der Waals surface area (Å²) in [6, 6.07) is 18.4. The van der Waals surface area contributed by atoms with Crippen LogP contribution in [0.5, 0.6) is 5.75 Å². The molecule has 2 aliphatic carbocycles. The fourth-order valence-corrected chi connectivity index (χ4v) is 8.49. The number of piperidine rings is 1. The highest BCUT2D eigenvalue weighted by molar-refractivity contribution is 6.06. The van der Waals surface area contributed by atoms with Crippen LogP contribution in [-0.2, 0) is 18.3 Å². The second kappa shape index (κ2) is 6.01. The predicted molar refractivity (Wildman–Crippen MR) is 137 cm³/mol. The van der Waals surface area contributed by atoms with Crippen LogP contribution in [0, 0.1) is 19.3 Å². The Morgan fingerprint density at radius 1 is 1.03 bits per heavy atom. The quantitative estimate of drug-likeness (QED) is 0.301. The molecule has 170 valence electrons. The third-order valence-corrected chi connectivity index (χ3v) is 10.2. The number of hydrogen-bond donors (Lipinski definition) is 0. The van der Waals surface area contributed by atoms with Crippen molar-refractivity contribution in [1.82, 2.24) is 9.88 Å². The Bertz CT molecular complexity index is 1570. The summed E-state index contributed by atoms with van der Waals surface area (Å²) in [5.74, 6) is 1.15. The van der Waals surface area contributed by atoms with Gasteiger partial charge in [0.05, 0.1) is 16.6 Å². The van der Waals surface area contributed by atoms with Gasteiger partial charge in [-0.05, 0) is 74.3 Å². The van der Waals surface area contributed by atoms with Gasteiger partial charge in [-0.1, -0.05) is 55.5 Å². The van der Waals surface area contributed by atoms with E-state index in [-0.39, 0.29) is 16.9 Å². The number of likely N-dealkylation sites (tertiary alicyclic amines) is 1. The Morgan fingerprint density at radius 2 is 1.88 bits per heavy atom. The number of nitrogens with zero attached hydrogens (tertiary/aromatic N) is 2. The molecule has 34 heavy (non-hydrogen) atoms. The van der Waals surface area contributed by atoms with Crippen molar-refractivity contribution < 1.29 is 4.74 Å². The van der Waals surface area contributed by atoms with E-state index in [0.717, 1.165) is 37.1 Å². The van der Waals surface area contributed by atoms with E-state index in [0.29, 0.717) is 6.04 Å². The second-order valence-electron chi connectivity index (χ2n) is 11.5. The molecule has 1 spiro atoms. The predicted octanol–water partition coefficient (Wildman–Crippen LogP) is 6.20. The number of hydrogen-bond acceptors (Lipinski definition) is 3. The van der Waals surface area contributed by atoms with E-state index in [1.54, 1.807) is 0 Å². The molecule has 0 N–H and O–H groups in total. The molecule has 3 nitrogen and oxygen atoms in total. The molecule has 4 aromatic rings. The van der Waals surface area contributed by atoms with Crippen LogP contribution in [-0.4, -0.2) is 29.5 Å². The maximum absolute atomic E-state index is 7.07. The lowest BCUT2D eigenvalue weighted by Gasteiger charge is -2.64. The fraction of sp³-hybridized carbons (Fsp3) is 0.387. The average molecular weight is 447 g/mol. The fourth-order valence-electron chi connectivity index (χ4n) is 8.49. The van der Waals surface area contributed by atoms with E-state index in [9.17, 15) is 0 Å². The van der Waals surface area contributed by atoms with Crippen molar-refractivity contribution in [2.75, 3.05) is 13.6 Å². The molecule has 4 aliphatic rings. The standard InChI is InChI=1S/C31H30N2O/c1-17-9-10-20-15-24-30(3)16-23-18(2)21-12-11-19-7-5-6-8-22(19)26(21)32-27(23)29-31(30,13-14-33(24)4)25(20)28(17)34-29/h5-12,24,29H,13-16H2,1-4H3/t24-,29-,30-,31-/m0/s1. The summed E-state index contributed by atoms with van der Waals surface area (Å²) < 4.78 is 7.07. The number of rotatable bonds is 0. The van der Waals surface area contributed by atoms with Crippen LogP contribution in [0.4, 0.5) is 0 Å². The molecule has 3 aromatic carbocycles. The molecule has 1 saturated heterocycles. The molecule has 0 radical (unpaired) electrons. The summed E-state index contributed by atoms with van der Waals surface area (Å²) in [5, 5.41) is 3.79. The molecule has 3 heterocycles. The lowest BCUT2D eigenvalue weighted by Crippen LogP contribution is -2.68. The van der Waals surface area contributed by atoms with Gasteiger partial charge in [0, 0.05) is 27.8 Å². The largest absolute Gasteiger partial charge is 0.483 e. The second-order valence-corrected chi connectivity index (χ2v) is 11.5. The monoisotopic (exact) mass is 446 g/mol. The van der Waals surface area contributed by atoms with E-state index in [2.05, 4.69) is 81.2 Å². The number of ether oxygens (including phenoxy) is 1. The van der Waals surface area contributed by atoms with Gasteiger partial charge in [-0.15, -0.1) is 0 Å². The molecule has 0 amide bonds. The lowest BCUT2D eigenvalue weighted by molar-refractivity contribution is -0.0910. The molecule has 1 fully saturated rings. The molecular weight excluding hydrogens is 416 g/mol. The Kier molecular flexibility index (Phi) is 3.43. The number of fused-ring (bicyclic) bond motifs is 5. The minimum absolute atomic E-state index is 0.00378. The number of likely N-dealkylation sites (N-methyl/N-ethyl adjacent to an activating group) is 1. The Labute approximate surface area is 200 Å². The van der Waals surface area contributed by atoms with Crippen LogP contribution in [0.3, 0.4) is 0 Å². The normalized spacial score (nSPS) is 30.8. The number of pyridine rings is 1. The van der Waals surface area contributed by atoms with Crippen molar-refractivity contribution in [3.63, 3.8) is 0 Å². The van der Waals surface area contributed by atoms with Gasteiger partial charge in [0.15, 0.2) is 6.10 Å². The van der Waals surface area contributed by atoms with E-state index >= 15 is 0 Å². The molecule has 2 aliphatic heterocycles. The maximum atomic E-state index is 7.07. The Balaban J connectivity index is 1.50. The van der Waals surface area contributed by atoms with Crippen LogP contribution in [0.2, 0.25) is 0 Å². The molecule has 4 atom stereocenters. The summed E-state index contributed by atoms with van der Waals surface area (Å²) in [6.45, 7) is 8.23. The van der Waals surface area contributed by atoms with E-state index in [1.807, 2.05) is 0 Å². The van der Waals surface area contributed by atoms with Crippen LogP contribution in [0.1, 0.15) is 53.0 Å². The topological polar surface area (TPSA) is 25.4 Å². The number of aryl methyl sites for hydroxylation is 2. The summed E-state index contributed by atoms with van der Waals surface area (Å²) in [7, 11) is 2.33. The van der Waals surface area contributed by atoms with Crippen molar-refractivity contribution in [2.45, 2.75) is 57.6 Å². The van der Waals surface area contributed by atoms with Crippen LogP contribution in [0.25, 0.3) is 21.7 Å². The van der Waals surface area contributed by atoms with E-state index in [1.165, 1.54) is 49.7 Å². The van der Waals surface area contributed by atoms with Crippen molar-refractivity contribution >= 4 is 21.7 Å². The molecular formula is C31H30N2O. The number of benzene rings is 3. The Morgan fingerprint density at radius 3 is 2.76 bits per heavy atom. The Hall–Kier alpha value is -2.91. The summed E-state index contributed by atoms with van der Waals surface area (Å²) in [5.41, 5.74) is 9.58. The van der Waals surface area contributed by atoms with Gasteiger partial charge < -0.3 is 9.64 Å². The van der Waals surface area contributed by atoms with Gasteiger partial charge in [-0.25, -0.2) is 4.98 Å². The van der Waals surface area contributed by atoms with Gasteiger partial charge in [0.2, 0.25) is 0 Å². The van der Waals surface area contributed by atoms with E-state index < -0.39 is 0 Å². The van der Waals surface area contributed by atoms with Gasteiger partial charge in [0.1, 0.15) is 5.75 Å². The zero-order chi connectivity index (χ0) is 23.0. The third kappa shape index (κ3) is 1.96. The third-order valence-electron chi connectivity index (χ3n) is 10.2. The highest BCUT2D eigenvalue weighted by Gasteiger charge is 2.70. The minimum Gasteiger partial charge on any atom is -0.483 e. The van der Waals surface area contributed by atoms with Gasteiger partial charge in [-0.2, -0.15) is 0 Å². The first-order valence-corrected chi connectivity index (χ1v) is 12.7. The molecule has 3 heteroatoms. The van der Waals surface area contributed by atoms with Crippen LogP contribution >= 0.6 is 0 Å². The lowest BCUT2D eigenvalue weighted by atomic mass is 9.44. The SMILES string of the molecule is Cc1ccc2c3c1O[C@H]1c4nc5c(ccc6ccccc65)c(C)c4C[C@@]4(C)[C@H](C2)N(C)CC[C@]314. The molecule has 0 unspecified atom stereocenters. The average Bonchev–Trinajstić information content (AvgIpc) is 3.20. The van der Waals surface area contributed by atoms with Crippen molar-refractivity contribution in [3.8, 4) is 5.75 Å².